The fourth-order valence-corrected chi connectivity index (χ4v) is 11.3. The van der Waals surface area contributed by atoms with Crippen molar-refractivity contribution in [3.63, 3.8) is 0 Å². The van der Waals surface area contributed by atoms with Gasteiger partial charge in [-0.3, -0.25) is 0 Å². The van der Waals surface area contributed by atoms with E-state index in [0.717, 1.165) is 106 Å². The molecule has 8 aliphatic rings. The maximum Gasteiger partial charge on any atom is -0.0297 e. The van der Waals surface area contributed by atoms with Crippen molar-refractivity contribution in [1.29, 1.82) is 0 Å². The molecule has 0 aliphatic heterocycles. The van der Waals surface area contributed by atoms with Gasteiger partial charge in [-0.15, -0.1) is 0 Å². The Balaban J connectivity index is -0.000000448. The molecule has 0 aromatic carbocycles. The summed E-state index contributed by atoms with van der Waals surface area (Å²) in [6.07, 6.45) is 24.8. The molecule has 0 aromatic heterocycles. The lowest BCUT2D eigenvalue weighted by atomic mass is 9.65. The molecule has 0 radical (unpaired) electrons. The van der Waals surface area contributed by atoms with Crippen molar-refractivity contribution in [3.8, 4) is 0 Å². The molecule has 0 amide bonds. The van der Waals surface area contributed by atoms with Gasteiger partial charge in [0.15, 0.2) is 0 Å². The SMILES string of the molecule is CC(C)(C)C(C)(C)C.CC(C)(C)C(C)(C)C.CC(C)C(C)C(C)C.CC1(C2CC2)CC1.CC1CC(C)(C)C1.CC1CC(C)C1C.CC1C[C@H](C)C1C.CCC(C)(C)C(C)C.CCC(C)C(C)(C)C.CCC1CC(C)C1.CC[C@@H](C)C(C)(C)C.C[C@H]1CC1C1CC1. The van der Waals surface area contributed by atoms with Crippen molar-refractivity contribution >= 4 is 0 Å². The molecule has 0 heteroatoms. The minimum atomic E-state index is 0.437. The van der Waals surface area contributed by atoms with Crippen LogP contribution in [0.3, 0.4) is 0 Å². The third kappa shape index (κ3) is 44.8. The van der Waals surface area contributed by atoms with Crippen LogP contribution in [0.2, 0.25) is 0 Å². The van der Waals surface area contributed by atoms with Crippen LogP contribution >= 0.6 is 0 Å². The van der Waals surface area contributed by atoms with Gasteiger partial charge in [0.25, 0.3) is 0 Å². The molecule has 6 unspecified atom stereocenters. The normalized spacial score (nSPS) is 27.6. The van der Waals surface area contributed by atoms with Gasteiger partial charge >= 0.3 is 0 Å². The predicted octanol–water partition coefficient (Wildman–Crippen LogP) is 32.1. The Hall–Kier alpha value is 0. The minimum absolute atomic E-state index is 0.437. The van der Waals surface area contributed by atoms with E-state index in [-0.39, 0.29) is 0 Å². The molecule has 9 atom stereocenters. The van der Waals surface area contributed by atoms with Crippen LogP contribution in [-0.2, 0) is 0 Å². The summed E-state index contributed by atoms with van der Waals surface area (Å²) in [5, 5.41) is 0. The average Bonchev–Trinajstić information content (AvgIpc) is 1.79. The highest BCUT2D eigenvalue weighted by Crippen LogP contribution is 2.61. The molecule has 0 heterocycles. The van der Waals surface area contributed by atoms with Gasteiger partial charge in [-0.1, -0.05) is 337 Å². The lowest BCUT2D eigenvalue weighted by Crippen LogP contribution is -2.29. The second-order valence-corrected chi connectivity index (χ2v) is 42.5. The first-order valence-electron chi connectivity index (χ1n) is 40.1. The number of hydrogen-bond donors (Lipinski definition) is 0. The molecule has 8 fully saturated rings. The van der Waals surface area contributed by atoms with E-state index < -0.39 is 0 Å². The zero-order valence-electron chi connectivity index (χ0n) is 72.5. The molecule has 0 aromatic rings. The molecule has 0 saturated heterocycles. The zero-order chi connectivity index (χ0) is 72.5. The van der Waals surface area contributed by atoms with Crippen LogP contribution < -0.4 is 0 Å². The van der Waals surface area contributed by atoms with Gasteiger partial charge in [0.2, 0.25) is 0 Å². The molecule has 0 nitrogen and oxygen atoms in total. The Labute approximate surface area is 578 Å². The highest BCUT2D eigenvalue weighted by molar-refractivity contribution is 5.00. The average molecular weight is 1270 g/mol. The highest BCUT2D eigenvalue weighted by atomic mass is 14.5. The fourth-order valence-electron chi connectivity index (χ4n) is 11.3. The maximum atomic E-state index is 2.44. The smallest absolute Gasteiger partial charge is 0.0297 e. The van der Waals surface area contributed by atoms with Crippen LogP contribution in [0.4, 0.5) is 0 Å². The number of rotatable bonds is 9. The second kappa shape index (κ2) is 42.1. The van der Waals surface area contributed by atoms with Gasteiger partial charge in [0.05, 0.1) is 0 Å². The van der Waals surface area contributed by atoms with E-state index in [0.29, 0.717) is 43.3 Å². The molecule has 0 spiro atoms. The molecule has 0 N–H and O–H groups in total. The Bertz CT molecular complexity index is 1580. The summed E-state index contributed by atoms with van der Waals surface area (Å²) in [4.78, 5) is 0. The Kier molecular flexibility index (Phi) is 45.1. The van der Waals surface area contributed by atoms with E-state index in [2.05, 4.69) is 312 Å². The van der Waals surface area contributed by atoms with Crippen LogP contribution in [0, 0.1) is 161 Å². The van der Waals surface area contributed by atoms with Crippen molar-refractivity contribution in [2.45, 2.75) is 421 Å². The maximum absolute atomic E-state index is 2.44. The standard InChI is InChI=1S/6C8H18.2C7H12.4C7H14/c2*1-7(2,3)8(4,5)6;2*1-6-7(2)8(3,4)5;1-6-8(4,5)7(2)3;1-6(2)8(5)7(3)4;1-7(4-5-7)6-2-3-6;1-5-4-7(5)6-2-3-6;1-6-4-7(2,3)5-6;2*1-5-4-6(2)7(5)3;1-3-7-4-6(2)5-7/h2*1-6H3;3*7H,6H2,1-5H3;6-8H,1-5H3;6H,2-5H2,1H3;5-7H,2-4H2,1H3;6H,4-5H2,1-3H3;2*5-7H,4H2,1-3H3;6-7H,3-5H2,1-2H3/t;;7-;;;;;5-,7?;;5-,6?,7?;;/m..1....0.0../s1. The lowest BCUT2D eigenvalue weighted by Gasteiger charge is -2.40. The molecule has 548 valence electrons. The van der Waals surface area contributed by atoms with Crippen molar-refractivity contribution in [2.75, 3.05) is 0 Å². The van der Waals surface area contributed by atoms with Crippen LogP contribution in [0.15, 0.2) is 0 Å². The van der Waals surface area contributed by atoms with Gasteiger partial charge in [-0.25, -0.2) is 0 Å². The van der Waals surface area contributed by atoms with E-state index in [1.807, 2.05) is 0 Å². The summed E-state index contributed by atoms with van der Waals surface area (Å²) in [5.41, 5.74) is 4.86. The van der Waals surface area contributed by atoms with Crippen LogP contribution in [-0.4, -0.2) is 0 Å². The summed E-state index contributed by atoms with van der Waals surface area (Å²) < 4.78 is 0. The summed E-state index contributed by atoms with van der Waals surface area (Å²) in [5.74, 6) is 18.9. The van der Waals surface area contributed by atoms with Gasteiger partial charge in [0.1, 0.15) is 0 Å². The lowest BCUT2D eigenvalue weighted by molar-refractivity contribution is 0.111. The molecular weight excluding hydrogens is 1080 g/mol. The van der Waals surface area contributed by atoms with Crippen molar-refractivity contribution < 1.29 is 0 Å². The molecule has 8 saturated carbocycles. The first-order valence-corrected chi connectivity index (χ1v) is 40.1. The van der Waals surface area contributed by atoms with E-state index in [9.17, 15) is 0 Å². The van der Waals surface area contributed by atoms with Crippen LogP contribution in [0.1, 0.15) is 421 Å². The molecule has 8 aliphatic carbocycles. The van der Waals surface area contributed by atoms with E-state index in [1.54, 1.807) is 19.3 Å². The Morgan fingerprint density at radius 2 is 0.689 bits per heavy atom. The minimum Gasteiger partial charge on any atom is -0.0651 e. The molecule has 0 bridgehead atoms. The van der Waals surface area contributed by atoms with E-state index in [4.69, 9.17) is 0 Å². The molecular formula is C90H188. The summed E-state index contributed by atoms with van der Waals surface area (Å²) in [6.45, 7) is 103. The monoisotopic (exact) mass is 1270 g/mol. The van der Waals surface area contributed by atoms with Crippen molar-refractivity contribution in [2.24, 2.45) is 161 Å². The first-order chi connectivity index (χ1) is 40.1. The third-order valence-corrected chi connectivity index (χ3v) is 27.2. The van der Waals surface area contributed by atoms with Gasteiger partial charge in [0, 0.05) is 0 Å². The summed E-state index contributed by atoms with van der Waals surface area (Å²) in [6, 6.07) is 0. The topological polar surface area (TPSA) is 0 Å². The first kappa shape index (κ1) is 96.4. The Morgan fingerprint density at radius 3 is 0.722 bits per heavy atom. The van der Waals surface area contributed by atoms with Crippen LogP contribution in [0.25, 0.3) is 0 Å². The molecule has 8 rings (SSSR count). The highest BCUT2D eigenvalue weighted by Gasteiger charge is 2.49. The van der Waals surface area contributed by atoms with E-state index >= 15 is 0 Å². The van der Waals surface area contributed by atoms with Gasteiger partial charge < -0.3 is 0 Å². The fraction of sp³-hybridized carbons (Fsp3) is 1.00. The van der Waals surface area contributed by atoms with E-state index in [1.165, 1.54) is 102 Å². The van der Waals surface area contributed by atoms with Gasteiger partial charge in [-0.2, -0.15) is 0 Å². The van der Waals surface area contributed by atoms with Crippen LogP contribution in [0.5, 0.6) is 0 Å². The zero-order valence-corrected chi connectivity index (χ0v) is 72.5. The number of hydrogen-bond acceptors (Lipinski definition) is 0. The van der Waals surface area contributed by atoms with Crippen molar-refractivity contribution in [1.82, 2.24) is 0 Å². The second-order valence-electron chi connectivity index (χ2n) is 42.5. The summed E-state index contributed by atoms with van der Waals surface area (Å²) >= 11 is 0. The largest absolute Gasteiger partial charge is 0.0651 e. The Morgan fingerprint density at radius 1 is 0.389 bits per heavy atom. The quantitative estimate of drug-likeness (QED) is 0.216. The van der Waals surface area contributed by atoms with Crippen molar-refractivity contribution in [3.05, 3.63) is 0 Å². The predicted molar refractivity (Wildman–Crippen MR) is 422 cm³/mol. The van der Waals surface area contributed by atoms with Gasteiger partial charge in [-0.05, 0) is 245 Å². The molecule has 90 heavy (non-hydrogen) atoms. The third-order valence-electron chi connectivity index (χ3n) is 27.2. The summed E-state index contributed by atoms with van der Waals surface area (Å²) in [7, 11) is 0.